The van der Waals surface area contributed by atoms with E-state index in [1.807, 2.05) is 17.5 Å². The van der Waals surface area contributed by atoms with Crippen molar-refractivity contribution in [3.8, 4) is 16.4 Å². The molecule has 11 heteroatoms. The predicted molar refractivity (Wildman–Crippen MR) is 103 cm³/mol. The third-order valence-corrected chi connectivity index (χ3v) is 4.96. The molecule has 0 spiro atoms. The predicted octanol–water partition coefficient (Wildman–Crippen LogP) is 3.18. The van der Waals surface area contributed by atoms with Crippen molar-refractivity contribution in [1.29, 1.82) is 0 Å². The summed E-state index contributed by atoms with van der Waals surface area (Å²) in [4.78, 5) is 17.5. The molecule has 148 valence electrons. The standard InChI is InChI=1S/C18H16FN7O2S/c1-11-22-24-25-26(11)12-7-8-13(19)14(10-12)20-16(27)5-2-6-17-21-18(23-28-17)15-4-3-9-29-15/h3-4,7-10H,2,5-6H2,1H3,(H,20,27). The summed E-state index contributed by atoms with van der Waals surface area (Å²) in [5.74, 6) is 0.702. The van der Waals surface area contributed by atoms with Crippen LogP contribution < -0.4 is 5.32 Å². The number of nitrogens with zero attached hydrogens (tertiary/aromatic N) is 6. The van der Waals surface area contributed by atoms with Crippen molar-refractivity contribution in [1.82, 2.24) is 30.3 Å². The molecule has 0 aliphatic heterocycles. The first-order valence-corrected chi connectivity index (χ1v) is 9.69. The fraction of sp³-hybridized carbons (Fsp3) is 0.222. The van der Waals surface area contributed by atoms with E-state index in [0.29, 0.717) is 36.1 Å². The van der Waals surface area contributed by atoms with Crippen molar-refractivity contribution < 1.29 is 13.7 Å². The molecule has 3 aromatic heterocycles. The number of carbonyl (C=O) groups is 1. The van der Waals surface area contributed by atoms with E-state index in [0.717, 1.165) is 4.88 Å². The average Bonchev–Trinajstić information content (AvgIpc) is 3.45. The zero-order chi connectivity index (χ0) is 20.2. The van der Waals surface area contributed by atoms with Crippen LogP contribution in [-0.2, 0) is 11.2 Å². The van der Waals surface area contributed by atoms with Crippen LogP contribution >= 0.6 is 11.3 Å². The Morgan fingerprint density at radius 3 is 3.00 bits per heavy atom. The maximum Gasteiger partial charge on any atom is 0.226 e. The van der Waals surface area contributed by atoms with E-state index in [-0.39, 0.29) is 18.0 Å². The third kappa shape index (κ3) is 4.35. The van der Waals surface area contributed by atoms with Crippen molar-refractivity contribution >= 4 is 22.9 Å². The summed E-state index contributed by atoms with van der Waals surface area (Å²) >= 11 is 1.52. The highest BCUT2D eigenvalue weighted by molar-refractivity contribution is 7.13. The maximum absolute atomic E-state index is 14.1. The van der Waals surface area contributed by atoms with Crippen LogP contribution in [0.25, 0.3) is 16.4 Å². The number of hydrogen-bond donors (Lipinski definition) is 1. The van der Waals surface area contributed by atoms with Crippen molar-refractivity contribution in [3.63, 3.8) is 0 Å². The van der Waals surface area contributed by atoms with Gasteiger partial charge in [-0.2, -0.15) is 9.67 Å². The summed E-state index contributed by atoms with van der Waals surface area (Å²) in [6.07, 6.45) is 1.13. The van der Waals surface area contributed by atoms with Crippen LogP contribution in [0.2, 0.25) is 0 Å². The van der Waals surface area contributed by atoms with E-state index >= 15 is 0 Å². The molecule has 1 aromatic carbocycles. The number of amides is 1. The highest BCUT2D eigenvalue weighted by Crippen LogP contribution is 2.22. The molecule has 0 saturated carbocycles. The van der Waals surface area contributed by atoms with Gasteiger partial charge in [-0.25, -0.2) is 4.39 Å². The second-order valence-corrected chi connectivity index (χ2v) is 7.14. The highest BCUT2D eigenvalue weighted by atomic mass is 32.1. The second-order valence-electron chi connectivity index (χ2n) is 6.19. The molecule has 4 aromatic rings. The number of hydrogen-bond acceptors (Lipinski definition) is 8. The van der Waals surface area contributed by atoms with Gasteiger partial charge < -0.3 is 9.84 Å². The molecule has 1 amide bonds. The molecule has 0 bridgehead atoms. The van der Waals surface area contributed by atoms with E-state index in [1.165, 1.54) is 34.2 Å². The molecule has 0 saturated heterocycles. The first-order chi connectivity index (χ1) is 14.1. The molecule has 0 aliphatic carbocycles. The topological polar surface area (TPSA) is 112 Å². The number of tetrazole rings is 1. The van der Waals surface area contributed by atoms with E-state index in [1.54, 1.807) is 6.92 Å². The van der Waals surface area contributed by atoms with E-state index in [4.69, 9.17) is 4.52 Å². The van der Waals surface area contributed by atoms with Crippen LogP contribution in [-0.4, -0.2) is 36.3 Å². The van der Waals surface area contributed by atoms with Gasteiger partial charge in [-0.15, -0.1) is 16.4 Å². The summed E-state index contributed by atoms with van der Waals surface area (Å²) in [6.45, 7) is 1.73. The number of nitrogens with one attached hydrogen (secondary N) is 1. The summed E-state index contributed by atoms with van der Waals surface area (Å²) < 4.78 is 20.8. The van der Waals surface area contributed by atoms with Gasteiger partial charge in [0.1, 0.15) is 5.82 Å². The first kappa shape index (κ1) is 18.9. The van der Waals surface area contributed by atoms with Gasteiger partial charge >= 0.3 is 0 Å². The van der Waals surface area contributed by atoms with Gasteiger partial charge in [0.2, 0.25) is 17.6 Å². The SMILES string of the molecule is Cc1nnnn1-c1ccc(F)c(NC(=O)CCCc2nc(-c3cccs3)no2)c1. The summed E-state index contributed by atoms with van der Waals surface area (Å²) in [6, 6.07) is 8.11. The minimum atomic E-state index is -0.537. The Balaban J connectivity index is 1.34. The molecule has 1 N–H and O–H groups in total. The Morgan fingerprint density at radius 1 is 1.34 bits per heavy atom. The van der Waals surface area contributed by atoms with Gasteiger partial charge in [0, 0.05) is 12.8 Å². The van der Waals surface area contributed by atoms with Crippen LogP contribution in [0, 0.1) is 12.7 Å². The van der Waals surface area contributed by atoms with Gasteiger partial charge in [0.15, 0.2) is 5.82 Å². The van der Waals surface area contributed by atoms with Crippen molar-refractivity contribution in [3.05, 3.63) is 53.2 Å². The normalized spacial score (nSPS) is 11.0. The monoisotopic (exact) mass is 413 g/mol. The number of rotatable bonds is 7. The quantitative estimate of drug-likeness (QED) is 0.495. The van der Waals surface area contributed by atoms with Crippen molar-refractivity contribution in [2.75, 3.05) is 5.32 Å². The molecule has 0 fully saturated rings. The van der Waals surface area contributed by atoms with Gasteiger partial charge in [0.25, 0.3) is 0 Å². The number of carbonyl (C=O) groups excluding carboxylic acids is 1. The highest BCUT2D eigenvalue weighted by Gasteiger charge is 2.13. The van der Waals surface area contributed by atoms with E-state index in [9.17, 15) is 9.18 Å². The fourth-order valence-corrected chi connectivity index (χ4v) is 3.34. The number of aryl methyl sites for hydroxylation is 2. The molecule has 9 nitrogen and oxygen atoms in total. The number of thiophene rings is 1. The van der Waals surface area contributed by atoms with Gasteiger partial charge in [-0.3, -0.25) is 4.79 Å². The van der Waals surface area contributed by atoms with Crippen LogP contribution in [0.4, 0.5) is 10.1 Å². The number of aromatic nitrogens is 6. The lowest BCUT2D eigenvalue weighted by atomic mass is 10.2. The first-order valence-electron chi connectivity index (χ1n) is 8.81. The zero-order valence-electron chi connectivity index (χ0n) is 15.4. The molecule has 4 rings (SSSR count). The maximum atomic E-state index is 14.1. The minimum Gasteiger partial charge on any atom is -0.339 e. The Bertz CT molecular complexity index is 1120. The molecular formula is C18H16FN7O2S. The third-order valence-electron chi connectivity index (χ3n) is 4.10. The van der Waals surface area contributed by atoms with Gasteiger partial charge in [-0.1, -0.05) is 11.2 Å². The molecule has 29 heavy (non-hydrogen) atoms. The minimum absolute atomic E-state index is 0.0696. The summed E-state index contributed by atoms with van der Waals surface area (Å²) in [7, 11) is 0. The molecule has 0 atom stereocenters. The Kier molecular flexibility index (Phi) is 5.38. The lowest BCUT2D eigenvalue weighted by Crippen LogP contribution is -2.13. The summed E-state index contributed by atoms with van der Waals surface area (Å²) in [5.41, 5.74) is 0.622. The molecule has 0 unspecified atom stereocenters. The number of halogens is 1. The van der Waals surface area contributed by atoms with E-state index < -0.39 is 5.82 Å². The van der Waals surface area contributed by atoms with Gasteiger partial charge in [0.05, 0.1) is 16.3 Å². The Hall–Kier alpha value is -3.47. The zero-order valence-corrected chi connectivity index (χ0v) is 16.2. The van der Waals surface area contributed by atoms with Crippen LogP contribution in [0.5, 0.6) is 0 Å². The number of anilines is 1. The van der Waals surface area contributed by atoms with Gasteiger partial charge in [-0.05, 0) is 53.4 Å². The lowest BCUT2D eigenvalue weighted by Gasteiger charge is -2.09. The Morgan fingerprint density at radius 2 is 2.24 bits per heavy atom. The second kappa shape index (κ2) is 8.27. The fourth-order valence-electron chi connectivity index (χ4n) is 2.69. The molecule has 3 heterocycles. The Labute approximate surface area is 168 Å². The lowest BCUT2D eigenvalue weighted by molar-refractivity contribution is -0.116. The van der Waals surface area contributed by atoms with Crippen molar-refractivity contribution in [2.45, 2.75) is 26.2 Å². The largest absolute Gasteiger partial charge is 0.339 e. The van der Waals surface area contributed by atoms with Crippen LogP contribution in [0.1, 0.15) is 24.6 Å². The smallest absolute Gasteiger partial charge is 0.226 e. The van der Waals surface area contributed by atoms with E-state index in [2.05, 4.69) is 31.0 Å². The average molecular weight is 413 g/mol. The van der Waals surface area contributed by atoms with Crippen molar-refractivity contribution in [2.24, 2.45) is 0 Å². The van der Waals surface area contributed by atoms with Crippen LogP contribution in [0.3, 0.4) is 0 Å². The number of benzene rings is 1. The molecular weight excluding hydrogens is 397 g/mol. The molecule has 0 radical (unpaired) electrons. The summed E-state index contributed by atoms with van der Waals surface area (Å²) in [5, 5.41) is 19.6. The van der Waals surface area contributed by atoms with Crippen LogP contribution in [0.15, 0.2) is 40.2 Å². The molecule has 0 aliphatic rings.